The maximum absolute atomic E-state index is 12.4. The van der Waals surface area contributed by atoms with Crippen LogP contribution in [0.1, 0.15) is 47.0 Å². The first-order chi connectivity index (χ1) is 9.62. The number of aliphatic hydroxyl groups excluding tert-OH is 1. The third-order valence-electron chi connectivity index (χ3n) is 3.96. The standard InChI is InChI=1S/C16H30N2O3/c1-12(19)8-10-17(5)14(20)13-7-6-9-18(11-13)15(21)16(2,3)4/h12-13,19H,6-11H2,1-5H3. The van der Waals surface area contributed by atoms with E-state index in [1.807, 2.05) is 25.7 Å². The summed E-state index contributed by atoms with van der Waals surface area (Å²) in [6.07, 6.45) is 1.90. The van der Waals surface area contributed by atoms with Gasteiger partial charge in [-0.2, -0.15) is 0 Å². The number of rotatable bonds is 4. The molecule has 2 amide bonds. The lowest BCUT2D eigenvalue weighted by Gasteiger charge is -2.37. The van der Waals surface area contributed by atoms with Crippen LogP contribution in [0.2, 0.25) is 0 Å². The number of hydrogen-bond acceptors (Lipinski definition) is 3. The number of nitrogens with zero attached hydrogens (tertiary/aromatic N) is 2. The molecule has 0 aromatic carbocycles. The molecule has 1 aliphatic rings. The van der Waals surface area contributed by atoms with Gasteiger partial charge in [-0.25, -0.2) is 0 Å². The smallest absolute Gasteiger partial charge is 0.227 e. The van der Waals surface area contributed by atoms with Crippen LogP contribution >= 0.6 is 0 Å². The maximum Gasteiger partial charge on any atom is 0.227 e. The fourth-order valence-corrected chi connectivity index (χ4v) is 2.64. The van der Waals surface area contributed by atoms with Gasteiger partial charge >= 0.3 is 0 Å². The number of piperidine rings is 1. The second kappa shape index (κ2) is 7.25. The second-order valence-corrected chi connectivity index (χ2v) is 7.24. The van der Waals surface area contributed by atoms with Gasteiger partial charge in [-0.1, -0.05) is 20.8 Å². The summed E-state index contributed by atoms with van der Waals surface area (Å²) in [5, 5.41) is 9.31. The molecule has 1 aliphatic heterocycles. The Labute approximate surface area is 128 Å². The molecule has 0 radical (unpaired) electrons. The summed E-state index contributed by atoms with van der Waals surface area (Å²) in [6.45, 7) is 9.29. The van der Waals surface area contributed by atoms with Crippen LogP contribution in [0.4, 0.5) is 0 Å². The van der Waals surface area contributed by atoms with E-state index in [2.05, 4.69) is 0 Å². The molecular formula is C16H30N2O3. The van der Waals surface area contributed by atoms with Gasteiger partial charge in [-0.3, -0.25) is 9.59 Å². The van der Waals surface area contributed by atoms with E-state index >= 15 is 0 Å². The summed E-state index contributed by atoms with van der Waals surface area (Å²) in [4.78, 5) is 28.3. The van der Waals surface area contributed by atoms with Gasteiger partial charge < -0.3 is 14.9 Å². The van der Waals surface area contributed by atoms with Crippen LogP contribution in [0.25, 0.3) is 0 Å². The molecule has 21 heavy (non-hydrogen) atoms. The van der Waals surface area contributed by atoms with Crippen molar-refractivity contribution < 1.29 is 14.7 Å². The molecule has 0 spiro atoms. The van der Waals surface area contributed by atoms with Gasteiger partial charge in [0, 0.05) is 32.1 Å². The normalized spacial score (nSPS) is 21.0. The molecule has 2 atom stereocenters. The van der Waals surface area contributed by atoms with Gasteiger partial charge in [0.2, 0.25) is 11.8 Å². The lowest BCUT2D eigenvalue weighted by Crippen LogP contribution is -2.49. The van der Waals surface area contributed by atoms with E-state index < -0.39 is 11.5 Å². The lowest BCUT2D eigenvalue weighted by atomic mass is 9.90. The first kappa shape index (κ1) is 18.0. The predicted molar refractivity (Wildman–Crippen MR) is 82.7 cm³/mol. The molecule has 0 aromatic rings. The number of likely N-dealkylation sites (tertiary alicyclic amines) is 1. The number of carbonyl (C=O) groups excluding carboxylic acids is 2. The zero-order valence-corrected chi connectivity index (χ0v) is 14.1. The van der Waals surface area contributed by atoms with Crippen LogP contribution in [0.5, 0.6) is 0 Å². The van der Waals surface area contributed by atoms with Crippen molar-refractivity contribution in [2.45, 2.75) is 53.1 Å². The van der Waals surface area contributed by atoms with Crippen molar-refractivity contribution in [3.63, 3.8) is 0 Å². The summed E-state index contributed by atoms with van der Waals surface area (Å²) in [5.41, 5.74) is -0.400. The van der Waals surface area contributed by atoms with Crippen molar-refractivity contribution in [1.82, 2.24) is 9.80 Å². The molecular weight excluding hydrogens is 268 g/mol. The first-order valence-corrected chi connectivity index (χ1v) is 7.85. The highest BCUT2D eigenvalue weighted by Gasteiger charge is 2.34. The van der Waals surface area contributed by atoms with Crippen molar-refractivity contribution in [1.29, 1.82) is 0 Å². The van der Waals surface area contributed by atoms with E-state index in [0.717, 1.165) is 19.4 Å². The highest BCUT2D eigenvalue weighted by molar-refractivity contribution is 5.83. The quantitative estimate of drug-likeness (QED) is 0.855. The van der Waals surface area contributed by atoms with Crippen molar-refractivity contribution in [3.05, 3.63) is 0 Å². The Balaban J connectivity index is 2.59. The molecule has 0 aliphatic carbocycles. The summed E-state index contributed by atoms with van der Waals surface area (Å²) >= 11 is 0. The van der Waals surface area contributed by atoms with Crippen LogP contribution in [-0.2, 0) is 9.59 Å². The Kier molecular flexibility index (Phi) is 6.20. The number of hydrogen-bond donors (Lipinski definition) is 1. The monoisotopic (exact) mass is 298 g/mol. The zero-order chi connectivity index (χ0) is 16.2. The number of carbonyl (C=O) groups is 2. The van der Waals surface area contributed by atoms with Crippen LogP contribution < -0.4 is 0 Å². The topological polar surface area (TPSA) is 60.9 Å². The zero-order valence-electron chi connectivity index (χ0n) is 14.1. The molecule has 5 nitrogen and oxygen atoms in total. The van der Waals surface area contributed by atoms with E-state index in [9.17, 15) is 14.7 Å². The highest BCUT2D eigenvalue weighted by atomic mass is 16.3. The Hall–Kier alpha value is -1.10. The molecule has 1 saturated heterocycles. The van der Waals surface area contributed by atoms with Crippen LogP contribution in [0.3, 0.4) is 0 Å². The van der Waals surface area contributed by atoms with Gasteiger partial charge in [0.25, 0.3) is 0 Å². The predicted octanol–water partition coefficient (Wildman–Crippen LogP) is 1.50. The average Bonchev–Trinajstić information content (AvgIpc) is 2.42. The largest absolute Gasteiger partial charge is 0.393 e. The van der Waals surface area contributed by atoms with Crippen LogP contribution in [0.15, 0.2) is 0 Å². The third-order valence-corrected chi connectivity index (χ3v) is 3.96. The fourth-order valence-electron chi connectivity index (χ4n) is 2.64. The summed E-state index contributed by atoms with van der Waals surface area (Å²) in [5.74, 6) is 0.0951. The van der Waals surface area contributed by atoms with E-state index in [1.165, 1.54) is 0 Å². The van der Waals surface area contributed by atoms with Crippen molar-refractivity contribution in [3.8, 4) is 0 Å². The maximum atomic E-state index is 12.4. The molecule has 1 N–H and O–H groups in total. The Morgan fingerprint density at radius 1 is 1.38 bits per heavy atom. The van der Waals surface area contributed by atoms with Crippen molar-refractivity contribution in [2.24, 2.45) is 11.3 Å². The minimum atomic E-state index is -0.400. The van der Waals surface area contributed by atoms with Gasteiger partial charge in [0.15, 0.2) is 0 Å². The Morgan fingerprint density at radius 3 is 2.52 bits per heavy atom. The molecule has 0 bridgehead atoms. The molecule has 0 aromatic heterocycles. The number of amides is 2. The SMILES string of the molecule is CC(O)CCN(C)C(=O)C1CCCN(C(=O)C(C)(C)C)C1. The van der Waals surface area contributed by atoms with Gasteiger partial charge in [0.05, 0.1) is 12.0 Å². The van der Waals surface area contributed by atoms with E-state index in [-0.39, 0.29) is 17.7 Å². The van der Waals surface area contributed by atoms with Crippen LogP contribution in [0, 0.1) is 11.3 Å². The van der Waals surface area contributed by atoms with Crippen LogP contribution in [-0.4, -0.2) is 59.5 Å². The summed E-state index contributed by atoms with van der Waals surface area (Å²) in [6, 6.07) is 0. The van der Waals surface area contributed by atoms with Gasteiger partial charge in [-0.05, 0) is 26.2 Å². The molecule has 1 heterocycles. The number of aliphatic hydroxyl groups is 1. The Morgan fingerprint density at radius 2 is 2.00 bits per heavy atom. The minimum Gasteiger partial charge on any atom is -0.393 e. The average molecular weight is 298 g/mol. The molecule has 1 fully saturated rings. The molecule has 5 heteroatoms. The highest BCUT2D eigenvalue weighted by Crippen LogP contribution is 2.24. The van der Waals surface area contributed by atoms with E-state index in [0.29, 0.717) is 19.5 Å². The fraction of sp³-hybridized carbons (Fsp3) is 0.875. The Bertz CT molecular complexity index is 374. The van der Waals surface area contributed by atoms with Crippen molar-refractivity contribution >= 4 is 11.8 Å². The third kappa shape index (κ3) is 5.30. The second-order valence-electron chi connectivity index (χ2n) is 7.24. The van der Waals surface area contributed by atoms with Crippen molar-refractivity contribution in [2.75, 3.05) is 26.7 Å². The van der Waals surface area contributed by atoms with Gasteiger partial charge in [-0.15, -0.1) is 0 Å². The first-order valence-electron chi connectivity index (χ1n) is 7.85. The lowest BCUT2D eigenvalue weighted by molar-refractivity contribution is -0.145. The van der Waals surface area contributed by atoms with E-state index in [1.54, 1.807) is 18.9 Å². The summed E-state index contributed by atoms with van der Waals surface area (Å²) in [7, 11) is 1.77. The van der Waals surface area contributed by atoms with E-state index in [4.69, 9.17) is 0 Å². The minimum absolute atomic E-state index is 0.0852. The summed E-state index contributed by atoms with van der Waals surface area (Å²) < 4.78 is 0. The molecule has 2 unspecified atom stereocenters. The molecule has 0 saturated carbocycles. The van der Waals surface area contributed by atoms with Gasteiger partial charge in [0.1, 0.15) is 0 Å². The molecule has 1 rings (SSSR count). The molecule has 122 valence electrons.